The first-order valence-corrected chi connectivity index (χ1v) is 6.75. The third-order valence-electron chi connectivity index (χ3n) is 2.89. The van der Waals surface area contributed by atoms with Crippen molar-refractivity contribution in [3.63, 3.8) is 0 Å². The summed E-state index contributed by atoms with van der Waals surface area (Å²) in [5, 5.41) is 0.940. The lowest BCUT2D eigenvalue weighted by atomic mass is 10.2. The molecule has 0 atom stereocenters. The van der Waals surface area contributed by atoms with Gasteiger partial charge in [-0.2, -0.15) is 4.57 Å². The fourth-order valence-corrected chi connectivity index (χ4v) is 2.51. The van der Waals surface area contributed by atoms with Crippen LogP contribution in [0, 0.1) is 0 Å². The van der Waals surface area contributed by atoms with Gasteiger partial charge in [-0.3, -0.25) is 0 Å². The second-order valence-electron chi connectivity index (χ2n) is 3.93. The third kappa shape index (κ3) is 2.27. The number of alkyl halides is 1. The smallest absolute Gasteiger partial charge is 0.231 e. The van der Waals surface area contributed by atoms with E-state index in [9.17, 15) is 0 Å². The number of hydrogen-bond donors (Lipinski definition) is 0. The number of hydrogen-bond acceptors (Lipinski definition) is 1. The maximum atomic E-state index is 4.68. The molecular weight excluding hydrogens is 356 g/mol. The fraction of sp³-hybridized carbons (Fsp3) is 0.143. The lowest BCUT2D eigenvalue weighted by Crippen LogP contribution is -3.00. The molecule has 18 heavy (non-hydrogen) atoms. The van der Waals surface area contributed by atoms with Crippen LogP contribution in [0.4, 0.5) is 0 Å². The van der Waals surface area contributed by atoms with Gasteiger partial charge in [0.25, 0.3) is 0 Å². The van der Waals surface area contributed by atoms with Gasteiger partial charge in [0.2, 0.25) is 11.0 Å². The van der Waals surface area contributed by atoms with E-state index in [2.05, 4.69) is 61.9 Å². The Hall–Kier alpha value is -1.000. The van der Waals surface area contributed by atoms with Gasteiger partial charge >= 0.3 is 0 Å². The topological polar surface area (TPSA) is 16.8 Å². The molecule has 2 nitrogen and oxygen atoms in total. The Balaban J connectivity index is 0.00000120. The average molecular weight is 368 g/mol. The molecule has 0 saturated carbocycles. The maximum absolute atomic E-state index is 4.68. The summed E-state index contributed by atoms with van der Waals surface area (Å²) in [5.41, 5.74) is 4.47. The molecule has 1 aromatic heterocycles. The second kappa shape index (κ2) is 5.76. The highest BCUT2D eigenvalue weighted by Gasteiger charge is 2.14. The van der Waals surface area contributed by atoms with E-state index in [-0.39, 0.29) is 17.0 Å². The number of fused-ring (bicyclic) bond motifs is 2. The normalized spacial score (nSPS) is 10.5. The molecule has 0 spiro atoms. The summed E-state index contributed by atoms with van der Waals surface area (Å²) >= 11 is 3.52. The molecule has 0 saturated heterocycles. The Morgan fingerprint density at radius 3 is 1.89 bits per heavy atom. The van der Waals surface area contributed by atoms with Crippen molar-refractivity contribution in [3.05, 3.63) is 48.5 Å². The van der Waals surface area contributed by atoms with Crippen molar-refractivity contribution in [3.8, 4) is 0 Å². The zero-order valence-corrected chi connectivity index (χ0v) is 12.9. The second-order valence-corrected chi connectivity index (χ2v) is 4.72. The molecule has 2 aromatic carbocycles. The van der Waals surface area contributed by atoms with Crippen LogP contribution in [0.25, 0.3) is 22.1 Å². The molecule has 0 aliphatic carbocycles. The first-order valence-electron chi connectivity index (χ1n) is 5.63. The van der Waals surface area contributed by atoms with Crippen molar-refractivity contribution in [2.75, 3.05) is 5.33 Å². The van der Waals surface area contributed by atoms with E-state index >= 15 is 0 Å². The van der Waals surface area contributed by atoms with Gasteiger partial charge in [-0.15, -0.1) is 0 Å². The standard InChI is InChI=1S/C14H12BrN2.BrH/c15-9-10-17-13-7-3-1-5-11(13)16-12-6-2-4-8-14(12)17;/h1-8H,9-10H2;1H/q+1;/p-1. The van der Waals surface area contributed by atoms with Crippen LogP contribution in [-0.4, -0.2) is 10.3 Å². The highest BCUT2D eigenvalue weighted by molar-refractivity contribution is 9.09. The Kier molecular flexibility index (Phi) is 4.30. The van der Waals surface area contributed by atoms with Crippen molar-refractivity contribution >= 4 is 38.0 Å². The lowest BCUT2D eigenvalue weighted by Gasteiger charge is -2.03. The fourth-order valence-electron chi connectivity index (χ4n) is 2.16. The van der Waals surface area contributed by atoms with Gasteiger partial charge in [-0.1, -0.05) is 40.2 Å². The van der Waals surface area contributed by atoms with Crippen LogP contribution >= 0.6 is 15.9 Å². The Morgan fingerprint density at radius 2 is 1.39 bits per heavy atom. The third-order valence-corrected chi connectivity index (χ3v) is 3.25. The van der Waals surface area contributed by atoms with Gasteiger partial charge in [-0.25, -0.2) is 4.98 Å². The quantitative estimate of drug-likeness (QED) is 0.356. The molecule has 0 fully saturated rings. The van der Waals surface area contributed by atoms with E-state index in [0.717, 1.165) is 22.9 Å². The van der Waals surface area contributed by atoms with Crippen molar-refractivity contribution in [2.24, 2.45) is 0 Å². The summed E-state index contributed by atoms with van der Waals surface area (Å²) in [6, 6.07) is 16.5. The van der Waals surface area contributed by atoms with Crippen LogP contribution in [0.2, 0.25) is 0 Å². The summed E-state index contributed by atoms with van der Waals surface area (Å²) in [6.07, 6.45) is 0. The number of halogens is 2. The number of aromatic nitrogens is 2. The molecule has 0 unspecified atom stereocenters. The molecule has 3 aromatic rings. The molecule has 92 valence electrons. The summed E-state index contributed by atoms with van der Waals surface area (Å²) in [6.45, 7) is 0.948. The number of benzene rings is 2. The largest absolute Gasteiger partial charge is 1.00 e. The van der Waals surface area contributed by atoms with Gasteiger partial charge in [0.1, 0.15) is 11.0 Å². The van der Waals surface area contributed by atoms with Crippen molar-refractivity contribution in [1.82, 2.24) is 4.98 Å². The Morgan fingerprint density at radius 1 is 0.889 bits per heavy atom. The first kappa shape index (κ1) is 13.4. The number of rotatable bonds is 2. The van der Waals surface area contributed by atoms with Gasteiger partial charge < -0.3 is 17.0 Å². The molecule has 1 heterocycles. The van der Waals surface area contributed by atoms with Crippen LogP contribution in [0.15, 0.2) is 48.5 Å². The van der Waals surface area contributed by atoms with Crippen molar-refractivity contribution in [1.29, 1.82) is 0 Å². The lowest BCUT2D eigenvalue weighted by molar-refractivity contribution is -0.640. The summed E-state index contributed by atoms with van der Waals surface area (Å²) in [4.78, 5) is 4.68. The number of nitrogens with zero attached hydrogens (tertiary/aromatic N) is 2. The molecule has 0 aliphatic rings. The Bertz CT molecular complexity index is 629. The van der Waals surface area contributed by atoms with E-state index in [1.54, 1.807) is 0 Å². The zero-order valence-electron chi connectivity index (χ0n) is 9.68. The summed E-state index contributed by atoms with van der Waals surface area (Å²) in [7, 11) is 0. The molecule has 0 bridgehead atoms. The SMILES string of the molecule is BrCC[n+]1c2ccccc2nc2ccccc21.[Br-]. The van der Waals surface area contributed by atoms with Gasteiger partial charge in [-0.05, 0) is 12.1 Å². The van der Waals surface area contributed by atoms with E-state index in [0.29, 0.717) is 0 Å². The predicted octanol–water partition coefficient (Wildman–Crippen LogP) is 0.0744. The Labute approximate surface area is 125 Å². The van der Waals surface area contributed by atoms with Crippen molar-refractivity contribution < 1.29 is 21.5 Å². The minimum atomic E-state index is 0. The van der Waals surface area contributed by atoms with Crippen LogP contribution in [0.1, 0.15) is 0 Å². The number of aryl methyl sites for hydroxylation is 1. The van der Waals surface area contributed by atoms with Crippen LogP contribution in [0.5, 0.6) is 0 Å². The summed E-state index contributed by atoms with van der Waals surface area (Å²) in [5.74, 6) is 0. The van der Waals surface area contributed by atoms with E-state index in [4.69, 9.17) is 0 Å². The first-order chi connectivity index (χ1) is 8.40. The zero-order chi connectivity index (χ0) is 11.7. The molecular formula is C14H12Br2N2. The highest BCUT2D eigenvalue weighted by atomic mass is 79.9. The van der Waals surface area contributed by atoms with E-state index in [1.165, 1.54) is 11.0 Å². The molecule has 0 amide bonds. The number of para-hydroxylation sites is 4. The van der Waals surface area contributed by atoms with E-state index in [1.807, 2.05) is 12.1 Å². The molecule has 0 aliphatic heterocycles. The van der Waals surface area contributed by atoms with Crippen LogP contribution in [-0.2, 0) is 6.54 Å². The molecule has 3 rings (SSSR count). The predicted molar refractivity (Wildman–Crippen MR) is 73.2 cm³/mol. The average Bonchev–Trinajstić information content (AvgIpc) is 2.39. The monoisotopic (exact) mass is 366 g/mol. The molecule has 0 radical (unpaired) electrons. The summed E-state index contributed by atoms with van der Waals surface area (Å²) < 4.78 is 2.31. The van der Waals surface area contributed by atoms with Crippen molar-refractivity contribution in [2.45, 2.75) is 6.54 Å². The van der Waals surface area contributed by atoms with Gasteiger partial charge in [0.15, 0.2) is 6.54 Å². The molecule has 4 heteroatoms. The van der Waals surface area contributed by atoms with Gasteiger partial charge in [0, 0.05) is 12.1 Å². The van der Waals surface area contributed by atoms with Gasteiger partial charge in [0.05, 0.1) is 5.33 Å². The maximum Gasteiger partial charge on any atom is 0.231 e. The van der Waals surface area contributed by atoms with Crippen LogP contribution in [0.3, 0.4) is 0 Å². The van der Waals surface area contributed by atoms with Crippen LogP contribution < -0.4 is 21.5 Å². The highest BCUT2D eigenvalue weighted by Crippen LogP contribution is 2.13. The minimum Gasteiger partial charge on any atom is -1.00 e. The van der Waals surface area contributed by atoms with E-state index < -0.39 is 0 Å². The molecule has 0 N–H and O–H groups in total. The minimum absolute atomic E-state index is 0.